The van der Waals surface area contributed by atoms with Crippen LogP contribution in [0.1, 0.15) is 19.4 Å². The second-order valence-corrected chi connectivity index (χ2v) is 5.43. The van der Waals surface area contributed by atoms with Crippen LogP contribution in [-0.4, -0.2) is 15.7 Å². The Kier molecular flexibility index (Phi) is 3.55. The van der Waals surface area contributed by atoms with E-state index < -0.39 is 18.6 Å². The monoisotopic (exact) mass is 338 g/mol. The topological polar surface area (TPSA) is 20.7 Å². The van der Waals surface area contributed by atoms with Crippen molar-refractivity contribution in [2.24, 2.45) is 0 Å². The molecule has 0 bridgehead atoms. The number of benzene rings is 1. The lowest BCUT2D eigenvalue weighted by Gasteiger charge is -2.16. The van der Waals surface area contributed by atoms with Crippen LogP contribution in [0.25, 0.3) is 11.0 Å². The zero-order valence-corrected chi connectivity index (χ0v) is 11.8. The van der Waals surface area contributed by atoms with Crippen molar-refractivity contribution in [3.63, 3.8) is 0 Å². The number of imidazole rings is 1. The maximum absolute atomic E-state index is 12.4. The number of nitrogens with zero attached hydrogens (tertiary/aromatic N) is 1. The van der Waals surface area contributed by atoms with Gasteiger partial charge in [0.15, 0.2) is 4.77 Å². The molecule has 0 saturated carbocycles. The van der Waals surface area contributed by atoms with Crippen LogP contribution in [0, 0.1) is 4.77 Å². The van der Waals surface area contributed by atoms with Gasteiger partial charge in [0, 0.05) is 10.5 Å². The standard InChI is InChI=1S/C11H10BrF3N2S/c1-6(5-11(13,14)15)17-9-3-2-7(12)4-8(9)16-10(17)18/h2-4,6H,5H2,1H3,(H,16,18). The third kappa shape index (κ3) is 2.77. The molecule has 2 aromatic rings. The number of rotatable bonds is 2. The van der Waals surface area contributed by atoms with Crippen molar-refractivity contribution in [1.82, 2.24) is 9.55 Å². The van der Waals surface area contributed by atoms with E-state index in [4.69, 9.17) is 12.2 Å². The lowest BCUT2D eigenvalue weighted by molar-refractivity contribution is -0.141. The van der Waals surface area contributed by atoms with Crippen LogP contribution in [0.4, 0.5) is 13.2 Å². The number of alkyl halides is 3. The molecule has 1 unspecified atom stereocenters. The van der Waals surface area contributed by atoms with Crippen molar-refractivity contribution in [2.45, 2.75) is 25.6 Å². The second-order valence-electron chi connectivity index (χ2n) is 4.13. The van der Waals surface area contributed by atoms with E-state index in [-0.39, 0.29) is 0 Å². The SMILES string of the molecule is CC(CC(F)(F)F)n1c(=S)[nH]c2cc(Br)ccc21. The van der Waals surface area contributed by atoms with Crippen molar-refractivity contribution >= 4 is 39.2 Å². The number of halogens is 4. The highest BCUT2D eigenvalue weighted by atomic mass is 79.9. The van der Waals surface area contributed by atoms with E-state index in [1.165, 1.54) is 11.5 Å². The smallest absolute Gasteiger partial charge is 0.331 e. The summed E-state index contributed by atoms with van der Waals surface area (Å²) in [5, 5.41) is 0. The lowest BCUT2D eigenvalue weighted by Crippen LogP contribution is -2.16. The zero-order chi connectivity index (χ0) is 13.5. The lowest BCUT2D eigenvalue weighted by atomic mass is 10.2. The molecule has 1 aromatic carbocycles. The molecule has 98 valence electrons. The molecule has 0 amide bonds. The Morgan fingerprint density at radius 1 is 1.44 bits per heavy atom. The fourth-order valence-corrected chi connectivity index (χ4v) is 2.72. The molecule has 0 aliphatic carbocycles. The van der Waals surface area contributed by atoms with Gasteiger partial charge in [0.25, 0.3) is 0 Å². The Morgan fingerprint density at radius 2 is 2.11 bits per heavy atom. The van der Waals surface area contributed by atoms with Crippen LogP contribution in [-0.2, 0) is 0 Å². The van der Waals surface area contributed by atoms with Crippen LogP contribution >= 0.6 is 28.1 Å². The van der Waals surface area contributed by atoms with Gasteiger partial charge in [0.05, 0.1) is 17.5 Å². The molecular weight excluding hydrogens is 329 g/mol. The fraction of sp³-hybridized carbons (Fsp3) is 0.364. The van der Waals surface area contributed by atoms with E-state index in [2.05, 4.69) is 20.9 Å². The maximum atomic E-state index is 12.4. The summed E-state index contributed by atoms with van der Waals surface area (Å²) < 4.78 is 39.9. The normalized spacial score (nSPS) is 14.1. The van der Waals surface area contributed by atoms with Gasteiger partial charge in [-0.05, 0) is 37.3 Å². The van der Waals surface area contributed by atoms with Gasteiger partial charge < -0.3 is 9.55 Å². The van der Waals surface area contributed by atoms with Crippen LogP contribution in [0.3, 0.4) is 0 Å². The Balaban J connectivity index is 2.51. The molecule has 0 aliphatic rings. The van der Waals surface area contributed by atoms with E-state index in [1.807, 2.05) is 0 Å². The van der Waals surface area contributed by atoms with E-state index in [0.29, 0.717) is 10.3 Å². The Labute approximate surface area is 115 Å². The Morgan fingerprint density at radius 3 is 2.72 bits per heavy atom. The molecule has 1 heterocycles. The van der Waals surface area contributed by atoms with Crippen LogP contribution in [0.15, 0.2) is 22.7 Å². The molecular formula is C11H10BrF3N2S. The first-order chi connectivity index (χ1) is 8.28. The molecule has 1 atom stereocenters. The molecule has 2 nitrogen and oxygen atoms in total. The molecule has 0 aliphatic heterocycles. The molecule has 18 heavy (non-hydrogen) atoms. The summed E-state index contributed by atoms with van der Waals surface area (Å²) >= 11 is 8.40. The number of nitrogens with one attached hydrogen (secondary N) is 1. The van der Waals surface area contributed by atoms with Gasteiger partial charge in [-0.1, -0.05) is 15.9 Å². The summed E-state index contributed by atoms with van der Waals surface area (Å²) in [7, 11) is 0. The average Bonchev–Trinajstić information content (AvgIpc) is 2.50. The van der Waals surface area contributed by atoms with Crippen molar-refractivity contribution in [3.8, 4) is 0 Å². The molecule has 1 N–H and O–H groups in total. The molecule has 0 saturated heterocycles. The van der Waals surface area contributed by atoms with E-state index in [9.17, 15) is 13.2 Å². The van der Waals surface area contributed by atoms with Crippen LogP contribution in [0.2, 0.25) is 0 Å². The fourth-order valence-electron chi connectivity index (χ4n) is 1.97. The van der Waals surface area contributed by atoms with E-state index in [0.717, 1.165) is 9.99 Å². The number of aromatic nitrogens is 2. The molecule has 7 heteroatoms. The predicted molar refractivity (Wildman–Crippen MR) is 70.2 cm³/mol. The summed E-state index contributed by atoms with van der Waals surface area (Å²) in [6, 6.07) is 4.59. The van der Waals surface area contributed by atoms with Crippen molar-refractivity contribution in [1.29, 1.82) is 0 Å². The minimum absolute atomic E-state index is 0.305. The number of aromatic amines is 1. The Bertz CT molecular complexity index is 629. The molecule has 0 radical (unpaired) electrons. The largest absolute Gasteiger partial charge is 0.391 e. The highest BCUT2D eigenvalue weighted by molar-refractivity contribution is 9.10. The molecule has 0 spiro atoms. The minimum atomic E-state index is -4.20. The second kappa shape index (κ2) is 4.70. The van der Waals surface area contributed by atoms with Crippen molar-refractivity contribution in [3.05, 3.63) is 27.4 Å². The van der Waals surface area contributed by atoms with E-state index >= 15 is 0 Å². The molecule has 0 fully saturated rings. The van der Waals surface area contributed by atoms with Crippen molar-refractivity contribution < 1.29 is 13.2 Å². The maximum Gasteiger partial charge on any atom is 0.391 e. The number of H-pyrrole nitrogens is 1. The number of hydrogen-bond acceptors (Lipinski definition) is 1. The summed E-state index contributed by atoms with van der Waals surface area (Å²) in [5.41, 5.74) is 1.41. The van der Waals surface area contributed by atoms with Crippen LogP contribution < -0.4 is 0 Å². The highest BCUT2D eigenvalue weighted by Gasteiger charge is 2.31. The van der Waals surface area contributed by atoms with Gasteiger partial charge in [-0.15, -0.1) is 0 Å². The van der Waals surface area contributed by atoms with Gasteiger partial charge in [0.1, 0.15) is 0 Å². The number of fused-ring (bicyclic) bond motifs is 1. The van der Waals surface area contributed by atoms with E-state index in [1.54, 1.807) is 18.2 Å². The first-order valence-electron chi connectivity index (χ1n) is 5.24. The predicted octanol–water partition coefficient (Wildman–Crippen LogP) is 4.97. The van der Waals surface area contributed by atoms with Gasteiger partial charge in [-0.25, -0.2) is 0 Å². The first-order valence-corrected chi connectivity index (χ1v) is 6.44. The highest BCUT2D eigenvalue weighted by Crippen LogP contribution is 2.30. The van der Waals surface area contributed by atoms with Gasteiger partial charge >= 0.3 is 6.18 Å². The summed E-state index contributed by atoms with van der Waals surface area (Å²) in [4.78, 5) is 2.91. The van der Waals surface area contributed by atoms with Gasteiger partial charge in [0.2, 0.25) is 0 Å². The third-order valence-corrected chi connectivity index (χ3v) is 3.44. The first kappa shape index (κ1) is 13.6. The quantitative estimate of drug-likeness (QED) is 0.766. The number of hydrogen-bond donors (Lipinski definition) is 1. The summed E-state index contributed by atoms with van der Waals surface area (Å²) in [5.74, 6) is 0. The van der Waals surface area contributed by atoms with Crippen LogP contribution in [0.5, 0.6) is 0 Å². The zero-order valence-electron chi connectivity index (χ0n) is 9.38. The molecule has 2 rings (SSSR count). The van der Waals surface area contributed by atoms with Crippen molar-refractivity contribution in [2.75, 3.05) is 0 Å². The van der Waals surface area contributed by atoms with Gasteiger partial charge in [-0.2, -0.15) is 13.2 Å². The Hall–Kier alpha value is -0.820. The summed E-state index contributed by atoms with van der Waals surface area (Å²) in [6.07, 6.45) is -5.10. The minimum Gasteiger partial charge on any atom is -0.331 e. The third-order valence-electron chi connectivity index (χ3n) is 2.65. The molecule has 1 aromatic heterocycles. The van der Waals surface area contributed by atoms with Gasteiger partial charge in [-0.3, -0.25) is 0 Å². The average molecular weight is 339 g/mol. The summed E-state index contributed by atoms with van der Waals surface area (Å²) in [6.45, 7) is 1.51.